The van der Waals surface area contributed by atoms with Gasteiger partial charge in [0.1, 0.15) is 0 Å². The molecule has 2 nitrogen and oxygen atoms in total. The number of amides is 1. The molecule has 0 aliphatic carbocycles. The third kappa shape index (κ3) is 3.65. The molecule has 1 amide bonds. The molecule has 0 heterocycles. The van der Waals surface area contributed by atoms with E-state index in [4.69, 9.17) is 11.6 Å². The van der Waals surface area contributed by atoms with Crippen LogP contribution in [0.3, 0.4) is 0 Å². The predicted molar refractivity (Wildman–Crippen MR) is 71.5 cm³/mol. The summed E-state index contributed by atoms with van der Waals surface area (Å²) in [6.45, 7) is 4.33. The molecule has 1 aromatic rings. The van der Waals surface area contributed by atoms with Gasteiger partial charge in [-0.3, -0.25) is 4.79 Å². The van der Waals surface area contributed by atoms with Crippen molar-refractivity contribution >= 4 is 40.1 Å². The van der Waals surface area contributed by atoms with Crippen molar-refractivity contribution in [3.8, 4) is 0 Å². The molecule has 82 valence electrons. The third-order valence-electron chi connectivity index (χ3n) is 1.98. The number of nitrogens with one attached hydrogen (secondary N) is 1. The van der Waals surface area contributed by atoms with Crippen molar-refractivity contribution in [2.24, 2.45) is 0 Å². The number of alkyl halides is 1. The first-order valence-corrected chi connectivity index (χ1v) is 6.21. The maximum atomic E-state index is 11.7. The molecule has 1 aromatic carbocycles. The summed E-state index contributed by atoms with van der Waals surface area (Å²) < 4.78 is 0.995. The number of aryl methyl sites for hydroxylation is 1. The van der Waals surface area contributed by atoms with E-state index in [0.717, 1.165) is 9.13 Å². The molecule has 1 rings (SSSR count). The molecule has 0 saturated heterocycles. The van der Waals surface area contributed by atoms with E-state index in [0.29, 0.717) is 12.1 Å². The highest BCUT2D eigenvalue weighted by atomic mass is 127. The highest BCUT2D eigenvalue weighted by Gasteiger charge is 2.11. The fraction of sp³-hybridized carbons (Fsp3) is 0.364. The van der Waals surface area contributed by atoms with Gasteiger partial charge in [0.15, 0.2) is 0 Å². The number of hydrogen-bond acceptors (Lipinski definition) is 1. The number of carbonyl (C=O) groups excluding carboxylic acids is 1. The van der Waals surface area contributed by atoms with Gasteiger partial charge in [-0.15, -0.1) is 11.6 Å². The topological polar surface area (TPSA) is 29.1 Å². The second-order valence-electron chi connectivity index (χ2n) is 3.43. The number of rotatable bonds is 3. The van der Waals surface area contributed by atoms with Crippen LogP contribution in [0, 0.1) is 10.5 Å². The quantitative estimate of drug-likeness (QED) is 0.667. The molecule has 0 aliphatic heterocycles. The van der Waals surface area contributed by atoms with Gasteiger partial charge in [0, 0.05) is 15.5 Å². The van der Waals surface area contributed by atoms with Crippen molar-refractivity contribution in [3.63, 3.8) is 0 Å². The highest BCUT2D eigenvalue weighted by molar-refractivity contribution is 14.1. The summed E-state index contributed by atoms with van der Waals surface area (Å²) in [5.74, 6) is -0.0596. The molecule has 0 saturated carbocycles. The van der Waals surface area contributed by atoms with Gasteiger partial charge in [-0.2, -0.15) is 0 Å². The van der Waals surface area contributed by atoms with E-state index >= 15 is 0 Å². The molecular formula is C11H13ClINO. The largest absolute Gasteiger partial charge is 0.351 e. The van der Waals surface area contributed by atoms with E-state index in [9.17, 15) is 4.79 Å². The van der Waals surface area contributed by atoms with Crippen LogP contribution in [0.1, 0.15) is 22.8 Å². The fourth-order valence-electron chi connectivity index (χ4n) is 1.15. The zero-order valence-corrected chi connectivity index (χ0v) is 11.6. The van der Waals surface area contributed by atoms with Gasteiger partial charge in [-0.25, -0.2) is 0 Å². The average molecular weight is 338 g/mol. The Morgan fingerprint density at radius 2 is 2.27 bits per heavy atom. The van der Waals surface area contributed by atoms with Crippen molar-refractivity contribution in [1.29, 1.82) is 0 Å². The predicted octanol–water partition coefficient (Wildman–Crippen LogP) is 2.96. The van der Waals surface area contributed by atoms with Crippen molar-refractivity contribution in [2.75, 3.05) is 6.54 Å². The summed E-state index contributed by atoms with van der Waals surface area (Å²) >= 11 is 7.95. The Morgan fingerprint density at radius 1 is 1.60 bits per heavy atom. The monoisotopic (exact) mass is 337 g/mol. The molecule has 0 aromatic heterocycles. The number of benzene rings is 1. The van der Waals surface area contributed by atoms with Gasteiger partial charge < -0.3 is 5.32 Å². The van der Waals surface area contributed by atoms with Crippen molar-refractivity contribution in [2.45, 2.75) is 19.2 Å². The lowest BCUT2D eigenvalue weighted by molar-refractivity contribution is 0.0953. The first kappa shape index (κ1) is 12.8. The maximum absolute atomic E-state index is 11.7. The Balaban J connectivity index is 2.78. The Hall–Kier alpha value is -0.290. The summed E-state index contributed by atoms with van der Waals surface area (Å²) in [6, 6.07) is 5.70. The molecule has 4 heteroatoms. The molecule has 15 heavy (non-hydrogen) atoms. The van der Waals surface area contributed by atoms with E-state index in [1.54, 1.807) is 0 Å². The van der Waals surface area contributed by atoms with Crippen molar-refractivity contribution in [1.82, 2.24) is 5.32 Å². The van der Waals surface area contributed by atoms with Crippen LogP contribution in [0.4, 0.5) is 0 Å². The van der Waals surface area contributed by atoms with Crippen LogP contribution in [0.2, 0.25) is 0 Å². The number of halogens is 2. The van der Waals surface area contributed by atoms with E-state index < -0.39 is 0 Å². The second kappa shape index (κ2) is 5.70. The van der Waals surface area contributed by atoms with E-state index in [1.165, 1.54) is 0 Å². The highest BCUT2D eigenvalue weighted by Crippen LogP contribution is 2.16. The number of carbonyl (C=O) groups is 1. The third-order valence-corrected chi connectivity index (χ3v) is 3.57. The fourth-order valence-corrected chi connectivity index (χ4v) is 1.83. The van der Waals surface area contributed by atoms with Crippen LogP contribution in [0.5, 0.6) is 0 Å². The smallest absolute Gasteiger partial charge is 0.252 e. The Bertz CT molecular complexity index is 366. The van der Waals surface area contributed by atoms with Crippen LogP contribution in [0.25, 0.3) is 0 Å². The zero-order chi connectivity index (χ0) is 11.4. The zero-order valence-electron chi connectivity index (χ0n) is 8.68. The van der Waals surface area contributed by atoms with E-state index in [-0.39, 0.29) is 11.3 Å². The molecule has 1 unspecified atom stereocenters. The lowest BCUT2D eigenvalue weighted by Gasteiger charge is -2.09. The summed E-state index contributed by atoms with van der Waals surface area (Å²) in [5.41, 5.74) is 1.83. The molecule has 0 spiro atoms. The Kier molecular flexibility index (Phi) is 4.86. The summed E-state index contributed by atoms with van der Waals surface area (Å²) in [7, 11) is 0. The Morgan fingerprint density at radius 3 is 2.87 bits per heavy atom. The molecular weight excluding hydrogens is 324 g/mol. The van der Waals surface area contributed by atoms with Gasteiger partial charge >= 0.3 is 0 Å². The standard InChI is InChI=1S/C11H13ClINO/c1-7-4-3-5-9(10(7)13)11(15)14-6-8(2)12/h3-5,8H,6H2,1-2H3,(H,14,15). The first-order valence-electron chi connectivity index (χ1n) is 4.69. The Labute approximate surface area is 109 Å². The summed E-state index contributed by atoms with van der Waals surface area (Å²) in [4.78, 5) is 11.7. The minimum Gasteiger partial charge on any atom is -0.351 e. The van der Waals surface area contributed by atoms with Crippen molar-refractivity contribution < 1.29 is 4.79 Å². The minimum absolute atomic E-state index is 0.0450. The minimum atomic E-state index is -0.0596. The van der Waals surface area contributed by atoms with Crippen LogP contribution in [-0.2, 0) is 0 Å². The number of hydrogen-bond donors (Lipinski definition) is 1. The van der Waals surface area contributed by atoms with Crippen molar-refractivity contribution in [3.05, 3.63) is 32.9 Å². The second-order valence-corrected chi connectivity index (χ2v) is 5.25. The molecule has 0 bridgehead atoms. The lowest BCUT2D eigenvalue weighted by atomic mass is 10.1. The molecule has 1 atom stereocenters. The van der Waals surface area contributed by atoms with Gasteiger partial charge in [0.2, 0.25) is 0 Å². The maximum Gasteiger partial charge on any atom is 0.252 e. The van der Waals surface area contributed by atoms with Gasteiger partial charge in [0.25, 0.3) is 5.91 Å². The molecule has 1 N–H and O–H groups in total. The van der Waals surface area contributed by atoms with E-state index in [2.05, 4.69) is 27.9 Å². The first-order chi connectivity index (χ1) is 7.02. The average Bonchev–Trinajstić information content (AvgIpc) is 2.18. The molecule has 0 radical (unpaired) electrons. The summed E-state index contributed by atoms with van der Waals surface area (Å²) in [5, 5.41) is 2.75. The van der Waals surface area contributed by atoms with Crippen LogP contribution in [-0.4, -0.2) is 17.8 Å². The van der Waals surface area contributed by atoms with Crippen LogP contribution in [0.15, 0.2) is 18.2 Å². The normalized spacial score (nSPS) is 12.3. The van der Waals surface area contributed by atoms with Gasteiger partial charge in [-0.05, 0) is 48.1 Å². The lowest BCUT2D eigenvalue weighted by Crippen LogP contribution is -2.29. The van der Waals surface area contributed by atoms with Crippen LogP contribution >= 0.6 is 34.2 Å². The SMILES string of the molecule is Cc1cccc(C(=O)NCC(C)Cl)c1I. The van der Waals surface area contributed by atoms with Gasteiger partial charge in [-0.1, -0.05) is 12.1 Å². The summed E-state index contributed by atoms with van der Waals surface area (Å²) in [6.07, 6.45) is 0. The molecule has 0 aliphatic rings. The van der Waals surface area contributed by atoms with Gasteiger partial charge in [0.05, 0.1) is 5.56 Å². The van der Waals surface area contributed by atoms with Crippen LogP contribution < -0.4 is 5.32 Å². The van der Waals surface area contributed by atoms with E-state index in [1.807, 2.05) is 32.0 Å². The molecule has 0 fully saturated rings.